The lowest BCUT2D eigenvalue weighted by molar-refractivity contribution is 0.644. The predicted octanol–water partition coefficient (Wildman–Crippen LogP) is 2.68. The van der Waals surface area contributed by atoms with Crippen LogP contribution in [0.25, 0.3) is 0 Å². The first kappa shape index (κ1) is 10.6. The van der Waals surface area contributed by atoms with Crippen molar-refractivity contribution in [3.8, 4) is 0 Å². The summed E-state index contributed by atoms with van der Waals surface area (Å²) in [6.07, 6.45) is 0. The van der Waals surface area contributed by atoms with Crippen LogP contribution in [0.2, 0.25) is 5.02 Å². The van der Waals surface area contributed by atoms with Gasteiger partial charge in [-0.2, -0.15) is 0 Å². The SMILES string of the molecule is OP(c1ccccc1)c1ccc(Cl)cc1. The van der Waals surface area contributed by atoms with Crippen molar-refractivity contribution in [2.45, 2.75) is 0 Å². The maximum Gasteiger partial charge on any atom is 0.0877 e. The molecule has 0 saturated heterocycles. The molecule has 0 heterocycles. The molecule has 15 heavy (non-hydrogen) atoms. The summed E-state index contributed by atoms with van der Waals surface area (Å²) < 4.78 is 0. The van der Waals surface area contributed by atoms with Crippen molar-refractivity contribution in [1.29, 1.82) is 0 Å². The first-order valence-corrected chi connectivity index (χ1v) is 6.24. The number of benzene rings is 2. The van der Waals surface area contributed by atoms with Gasteiger partial charge >= 0.3 is 0 Å². The molecule has 3 heteroatoms. The molecule has 1 N–H and O–H groups in total. The molecular weight excluding hydrogens is 227 g/mol. The van der Waals surface area contributed by atoms with Crippen molar-refractivity contribution in [2.24, 2.45) is 0 Å². The third kappa shape index (κ3) is 2.57. The van der Waals surface area contributed by atoms with Crippen molar-refractivity contribution >= 4 is 30.4 Å². The largest absolute Gasteiger partial charge is 0.364 e. The number of halogens is 1. The highest BCUT2D eigenvalue weighted by atomic mass is 35.5. The summed E-state index contributed by atoms with van der Waals surface area (Å²) in [6, 6.07) is 17.0. The number of rotatable bonds is 2. The van der Waals surface area contributed by atoms with E-state index in [1.54, 1.807) is 12.1 Å². The summed E-state index contributed by atoms with van der Waals surface area (Å²) in [5, 5.41) is 2.56. The van der Waals surface area contributed by atoms with Crippen LogP contribution in [0, 0.1) is 0 Å². The average molecular weight is 237 g/mol. The molecule has 1 atom stereocenters. The summed E-state index contributed by atoms with van der Waals surface area (Å²) in [4.78, 5) is 10.1. The van der Waals surface area contributed by atoms with E-state index in [9.17, 15) is 4.89 Å². The number of hydrogen-bond acceptors (Lipinski definition) is 1. The molecule has 0 bridgehead atoms. The zero-order chi connectivity index (χ0) is 10.7. The second-order valence-electron chi connectivity index (χ2n) is 3.12. The average Bonchev–Trinajstić information content (AvgIpc) is 2.30. The summed E-state index contributed by atoms with van der Waals surface area (Å²) in [5.41, 5.74) is 0. The molecule has 76 valence electrons. The highest BCUT2D eigenvalue weighted by Gasteiger charge is 2.09. The summed E-state index contributed by atoms with van der Waals surface area (Å²) >= 11 is 5.79. The minimum absolute atomic E-state index is 0.690. The zero-order valence-electron chi connectivity index (χ0n) is 7.97. The Morgan fingerprint density at radius 2 is 1.33 bits per heavy atom. The summed E-state index contributed by atoms with van der Waals surface area (Å²) in [6.45, 7) is 0. The minimum atomic E-state index is -1.24. The fourth-order valence-electron chi connectivity index (χ4n) is 1.30. The van der Waals surface area contributed by atoms with Gasteiger partial charge in [0.05, 0.1) is 8.15 Å². The van der Waals surface area contributed by atoms with Crippen LogP contribution in [0.5, 0.6) is 0 Å². The minimum Gasteiger partial charge on any atom is -0.364 e. The van der Waals surface area contributed by atoms with Crippen molar-refractivity contribution in [3.63, 3.8) is 0 Å². The Morgan fingerprint density at radius 1 is 0.800 bits per heavy atom. The quantitative estimate of drug-likeness (QED) is 0.795. The van der Waals surface area contributed by atoms with E-state index in [0.717, 1.165) is 10.6 Å². The van der Waals surface area contributed by atoms with Gasteiger partial charge in [0, 0.05) is 15.6 Å². The molecule has 0 radical (unpaired) electrons. The normalized spacial score (nSPS) is 12.4. The molecule has 0 fully saturated rings. The fourth-order valence-corrected chi connectivity index (χ4v) is 2.61. The van der Waals surface area contributed by atoms with Crippen LogP contribution in [0.1, 0.15) is 0 Å². The Bertz CT molecular complexity index is 427. The lowest BCUT2D eigenvalue weighted by Crippen LogP contribution is -2.10. The number of hydrogen-bond donors (Lipinski definition) is 1. The van der Waals surface area contributed by atoms with Crippen LogP contribution in [-0.2, 0) is 0 Å². The summed E-state index contributed by atoms with van der Waals surface area (Å²) in [7, 11) is -1.24. The van der Waals surface area contributed by atoms with Gasteiger partial charge in [-0.15, -0.1) is 0 Å². The first-order chi connectivity index (χ1) is 7.27. The van der Waals surface area contributed by atoms with Gasteiger partial charge in [0.2, 0.25) is 0 Å². The molecule has 0 aliphatic carbocycles. The van der Waals surface area contributed by atoms with Crippen LogP contribution in [0.4, 0.5) is 0 Å². The molecule has 2 aromatic rings. The van der Waals surface area contributed by atoms with E-state index in [1.807, 2.05) is 42.5 Å². The van der Waals surface area contributed by atoms with Crippen molar-refractivity contribution in [3.05, 3.63) is 59.6 Å². The fraction of sp³-hybridized carbons (Fsp3) is 0. The molecule has 0 saturated carbocycles. The summed E-state index contributed by atoms with van der Waals surface area (Å²) in [5.74, 6) is 0. The predicted molar refractivity (Wildman–Crippen MR) is 66.3 cm³/mol. The maximum absolute atomic E-state index is 10.1. The van der Waals surface area contributed by atoms with Crippen molar-refractivity contribution in [2.75, 3.05) is 0 Å². The smallest absolute Gasteiger partial charge is 0.0877 e. The highest BCUT2D eigenvalue weighted by Crippen LogP contribution is 2.27. The highest BCUT2D eigenvalue weighted by molar-refractivity contribution is 7.67. The van der Waals surface area contributed by atoms with Gasteiger partial charge in [-0.3, -0.25) is 0 Å². The van der Waals surface area contributed by atoms with Crippen LogP contribution >= 0.6 is 19.7 Å². The van der Waals surface area contributed by atoms with E-state index >= 15 is 0 Å². The first-order valence-electron chi connectivity index (χ1n) is 4.57. The molecule has 0 aromatic heterocycles. The lowest BCUT2D eigenvalue weighted by Gasteiger charge is -2.10. The van der Waals surface area contributed by atoms with Gasteiger partial charge in [-0.05, 0) is 12.1 Å². The molecule has 1 unspecified atom stereocenters. The molecule has 2 aromatic carbocycles. The Labute approximate surface area is 95.2 Å². The molecule has 2 rings (SSSR count). The molecule has 1 nitrogen and oxygen atoms in total. The third-order valence-corrected chi connectivity index (χ3v) is 3.90. The Hall–Kier alpha value is -0.880. The van der Waals surface area contributed by atoms with E-state index in [-0.39, 0.29) is 0 Å². The van der Waals surface area contributed by atoms with E-state index in [4.69, 9.17) is 11.6 Å². The van der Waals surface area contributed by atoms with Crippen molar-refractivity contribution in [1.82, 2.24) is 0 Å². The van der Waals surface area contributed by atoms with Crippen molar-refractivity contribution < 1.29 is 4.89 Å². The maximum atomic E-state index is 10.1. The second-order valence-corrected chi connectivity index (χ2v) is 5.22. The van der Waals surface area contributed by atoms with Crippen LogP contribution < -0.4 is 10.6 Å². The van der Waals surface area contributed by atoms with Gasteiger partial charge in [0.15, 0.2) is 0 Å². The van der Waals surface area contributed by atoms with E-state index in [2.05, 4.69) is 0 Å². The molecule has 0 aliphatic rings. The molecule has 0 amide bonds. The standard InChI is InChI=1S/C12H10ClOP/c13-10-6-8-12(9-7-10)15(14)11-4-2-1-3-5-11/h1-9,14H. The van der Waals surface area contributed by atoms with E-state index in [0.29, 0.717) is 5.02 Å². The molecule has 0 spiro atoms. The van der Waals surface area contributed by atoms with Gasteiger partial charge in [-0.25, -0.2) is 0 Å². The zero-order valence-corrected chi connectivity index (χ0v) is 9.62. The van der Waals surface area contributed by atoms with Gasteiger partial charge < -0.3 is 4.89 Å². The third-order valence-electron chi connectivity index (χ3n) is 2.07. The lowest BCUT2D eigenvalue weighted by atomic mass is 10.4. The second kappa shape index (κ2) is 4.76. The monoisotopic (exact) mass is 236 g/mol. The van der Waals surface area contributed by atoms with Crippen LogP contribution in [0.3, 0.4) is 0 Å². The molecule has 0 aliphatic heterocycles. The Kier molecular flexibility index (Phi) is 3.37. The van der Waals surface area contributed by atoms with Crippen LogP contribution in [0.15, 0.2) is 54.6 Å². The molecular formula is C12H10ClOP. The van der Waals surface area contributed by atoms with E-state index < -0.39 is 8.15 Å². The van der Waals surface area contributed by atoms with Gasteiger partial charge in [0.1, 0.15) is 0 Å². The van der Waals surface area contributed by atoms with Gasteiger partial charge in [0.25, 0.3) is 0 Å². The Morgan fingerprint density at radius 3 is 1.93 bits per heavy atom. The van der Waals surface area contributed by atoms with Crippen LogP contribution in [-0.4, -0.2) is 4.89 Å². The topological polar surface area (TPSA) is 20.2 Å². The Balaban J connectivity index is 2.29. The van der Waals surface area contributed by atoms with E-state index in [1.165, 1.54) is 0 Å². The van der Waals surface area contributed by atoms with Gasteiger partial charge in [-0.1, -0.05) is 54.1 Å².